The van der Waals surface area contributed by atoms with Gasteiger partial charge in [0, 0.05) is 65.0 Å². The number of thiocarbonyl (C=S) groups is 2. The van der Waals surface area contributed by atoms with Crippen molar-refractivity contribution in [2.24, 2.45) is 0 Å². The van der Waals surface area contributed by atoms with Crippen LogP contribution in [0, 0.1) is 0 Å². The van der Waals surface area contributed by atoms with E-state index in [-0.39, 0.29) is 46.7 Å². The second kappa shape index (κ2) is 33.8. The Labute approximate surface area is 583 Å². The number of carboxylic acids is 1. The fourth-order valence-corrected chi connectivity index (χ4v) is 9.96. The first kappa shape index (κ1) is 74.2. The van der Waals surface area contributed by atoms with Gasteiger partial charge in [0.05, 0.1) is 28.3 Å². The molecule has 0 unspecified atom stereocenters. The van der Waals surface area contributed by atoms with Gasteiger partial charge in [-0.2, -0.15) is 10.3 Å². The van der Waals surface area contributed by atoms with E-state index in [2.05, 4.69) is 314 Å². The first-order valence-corrected chi connectivity index (χ1v) is 31.3. The van der Waals surface area contributed by atoms with E-state index < -0.39 is 5.97 Å². The van der Waals surface area contributed by atoms with E-state index in [1.54, 1.807) is 0 Å². The number of carboxylic acid groups (broad SMARTS) is 1. The summed E-state index contributed by atoms with van der Waals surface area (Å²) in [6.07, 6.45) is 15.2. The average Bonchev–Trinajstić information content (AvgIpc) is 0.822. The molecule has 4 aromatic heterocycles. The van der Waals surface area contributed by atoms with Crippen LogP contribution in [0.25, 0.3) is 57.9 Å². The molecule has 0 radical (unpaired) electrons. The molecule has 12 nitrogen and oxygen atoms in total. The fourth-order valence-electron chi connectivity index (χ4n) is 9.96. The van der Waals surface area contributed by atoms with E-state index in [1.165, 1.54) is 69.2 Å². The Morgan fingerprint density at radius 1 is 0.400 bits per heavy atom. The predicted octanol–water partition coefficient (Wildman–Crippen LogP) is 21.3. The van der Waals surface area contributed by atoms with E-state index in [0.29, 0.717) is 23.6 Å². The minimum atomic E-state index is -1.04. The quantitative estimate of drug-likeness (QED) is 0.0447. The van der Waals surface area contributed by atoms with E-state index >= 15 is 0 Å². The van der Waals surface area contributed by atoms with Crippen LogP contribution in [0.5, 0.6) is 5.75 Å². The van der Waals surface area contributed by atoms with E-state index in [1.807, 2.05) is 24.5 Å². The molecule has 10 aromatic rings. The number of ether oxygens (including phenoxy) is 1. The minimum Gasteiger partial charge on any atom is -0.753 e. The molecule has 0 fully saturated rings. The summed E-state index contributed by atoms with van der Waals surface area (Å²) in [4.78, 5) is 43.3. The van der Waals surface area contributed by atoms with Gasteiger partial charge in [-0.05, 0) is 181 Å². The predicted molar refractivity (Wildman–Crippen MR) is 395 cm³/mol. The van der Waals surface area contributed by atoms with Gasteiger partial charge >= 0.3 is 25.4 Å². The maximum Gasteiger partial charge on any atom is 2.00 e. The molecule has 0 aliphatic carbocycles. The Hall–Kier alpha value is -9.84. The van der Waals surface area contributed by atoms with E-state index in [9.17, 15) is 9.59 Å². The van der Waals surface area contributed by atoms with Crippen molar-refractivity contribution in [1.82, 2.24) is 19.9 Å². The number of rotatable bonds is 15. The van der Waals surface area contributed by atoms with Crippen LogP contribution >= 0.6 is 24.4 Å². The molecule has 95 heavy (non-hydrogen) atoms. The summed E-state index contributed by atoms with van der Waals surface area (Å²) in [5, 5.41) is 25.8. The van der Waals surface area contributed by atoms with E-state index in [0.717, 1.165) is 67.8 Å². The summed E-state index contributed by atoms with van der Waals surface area (Å²) in [5.41, 5.74) is 19.3. The van der Waals surface area contributed by atoms with Crippen molar-refractivity contribution in [3.63, 3.8) is 0 Å². The second-order valence-electron chi connectivity index (χ2n) is 26.2. The zero-order chi connectivity index (χ0) is 68.2. The van der Waals surface area contributed by atoms with Gasteiger partial charge in [-0.25, -0.2) is 4.79 Å². The van der Waals surface area contributed by atoms with Gasteiger partial charge in [-0.15, -0.1) is 0 Å². The zero-order valence-electron chi connectivity index (χ0n) is 55.6. The Bertz CT molecular complexity index is 3950. The smallest absolute Gasteiger partial charge is 0.753 e. The Morgan fingerprint density at radius 2 is 0.653 bits per heavy atom. The summed E-state index contributed by atoms with van der Waals surface area (Å²) in [5.74, 6) is -0.725. The number of pyridine rings is 4. The number of aromatic nitrogens is 4. The molecule has 10 rings (SSSR count). The minimum absolute atomic E-state index is 0. The molecule has 0 bridgehead atoms. The van der Waals surface area contributed by atoms with Gasteiger partial charge in [0.25, 0.3) is 6.47 Å². The van der Waals surface area contributed by atoms with Gasteiger partial charge in [0.2, 0.25) is 0 Å². The normalized spacial score (nSPS) is 11.2. The van der Waals surface area contributed by atoms with Crippen LogP contribution in [-0.2, 0) is 45.9 Å². The number of hydrogen-bond donors (Lipinski definition) is 1. The van der Waals surface area contributed by atoms with Crippen LogP contribution in [0.2, 0.25) is 0 Å². The molecular weight excluding hydrogens is 1300 g/mol. The molecule has 0 aliphatic rings. The second-order valence-corrected chi connectivity index (χ2v) is 26.5. The fraction of sp³-hybridized carbons (Fsp3) is 0.200. The van der Waals surface area contributed by atoms with Crippen molar-refractivity contribution >= 4 is 106 Å². The van der Waals surface area contributed by atoms with Crippen molar-refractivity contribution in [1.29, 1.82) is 0 Å². The van der Waals surface area contributed by atoms with Gasteiger partial charge in [0.1, 0.15) is 5.75 Å². The molecule has 0 atom stereocenters. The first-order chi connectivity index (χ1) is 44.7. The third-order valence-electron chi connectivity index (χ3n) is 15.2. The molecule has 0 amide bonds. The summed E-state index contributed by atoms with van der Waals surface area (Å²) in [6.45, 7) is 27.4. The number of hydrogen-bond acceptors (Lipinski definition) is 11. The first-order valence-electron chi connectivity index (χ1n) is 30.5. The topological polar surface area (TPSA) is 166 Å². The largest absolute Gasteiger partial charge is 2.00 e. The van der Waals surface area contributed by atoms with Crippen LogP contribution in [-0.4, -0.2) is 47.8 Å². The monoisotopic (exact) mass is 1380 g/mol. The number of benzene rings is 6. The summed E-state index contributed by atoms with van der Waals surface area (Å²) in [6, 6.07) is 67.6. The molecule has 0 saturated carbocycles. The van der Waals surface area contributed by atoms with Gasteiger partial charge < -0.3 is 30.5 Å². The third-order valence-corrected chi connectivity index (χ3v) is 15.2. The standard InChI is InChI=1S/C66H70N4.C12H8N2O4.2CNS.Ru/c1-63(2,3)51-21-33-57(34-22-51)69(58-35-23-52(24-36-58)64(4,5)6)55-29-17-47(18-30-55)13-15-49-41-43-67-61(45-49)62-46-50(42-44-68-62)16-14-48-19-31-56(32-20-48)70(59-37-25-53(26-38-59)65(7,8)9)60-39-27-54(28-40-60)66(10,11)12;15-7-18-9-2-4-14-11(6-9)10-5-8(12(16)17)1-3-13-10;2*2-1-3;/h13-46H,1-12H3;1-7H,(H,16,17);;;/q;;2*-1;+2/b15-13+,16-14+;;;;. The summed E-state index contributed by atoms with van der Waals surface area (Å²) >= 11 is 7.40. The van der Waals surface area contributed by atoms with Crippen LogP contribution in [0.3, 0.4) is 0 Å². The molecule has 0 aliphatic heterocycles. The van der Waals surface area contributed by atoms with Crippen molar-refractivity contribution in [2.75, 3.05) is 9.80 Å². The maximum absolute atomic E-state index is 10.8. The van der Waals surface area contributed by atoms with E-state index in [4.69, 9.17) is 25.9 Å². The Morgan fingerprint density at radius 3 is 0.937 bits per heavy atom. The number of anilines is 6. The van der Waals surface area contributed by atoms with Gasteiger partial charge in [-0.1, -0.05) is 205 Å². The summed E-state index contributed by atoms with van der Waals surface area (Å²) < 4.78 is 4.68. The molecule has 15 heteroatoms. The number of carbonyl (C=O) groups is 2. The Balaban J connectivity index is 0.000000481. The average molecular weight is 1380 g/mol. The van der Waals surface area contributed by atoms with Gasteiger partial charge in [-0.3, -0.25) is 24.7 Å². The zero-order valence-corrected chi connectivity index (χ0v) is 59.0. The van der Waals surface area contributed by atoms with Crippen molar-refractivity contribution in [2.45, 2.75) is 105 Å². The Kier molecular flexibility index (Phi) is 26.4. The summed E-state index contributed by atoms with van der Waals surface area (Å²) in [7, 11) is 0. The van der Waals surface area contributed by atoms with Crippen LogP contribution in [0.1, 0.15) is 138 Å². The van der Waals surface area contributed by atoms with Crippen molar-refractivity contribution < 1.29 is 38.9 Å². The molecule has 0 spiro atoms. The third kappa shape index (κ3) is 21.3. The number of aromatic carboxylic acids is 1. The van der Waals surface area contributed by atoms with Gasteiger partial charge in [0.15, 0.2) is 0 Å². The van der Waals surface area contributed by atoms with Crippen molar-refractivity contribution in [3.05, 3.63) is 280 Å². The number of isothiocyanates is 2. The maximum atomic E-state index is 10.8. The van der Waals surface area contributed by atoms with Crippen LogP contribution in [0.4, 0.5) is 34.1 Å². The van der Waals surface area contributed by atoms with Crippen molar-refractivity contribution in [3.8, 4) is 28.5 Å². The SMILES string of the molecule is CC(C)(C)c1ccc(N(c2ccc(/C=C/c3ccnc(-c4cc(/C=C/c5ccc(N(c6ccc(C(C)(C)C)cc6)c6ccc(C(C)(C)C)cc6)cc5)ccn4)c3)cc2)c2ccc(C(C)(C)C)cc2)cc1.O=COc1ccnc(-c2cc(C(=O)O)ccn2)c1.[N-]=C=S.[N-]=C=S.[Ru+2]. The molecule has 0 saturated heterocycles. The molecule has 1 N–H and O–H groups in total. The molecule has 482 valence electrons. The molecular formula is C80H78N8O4RuS2. The molecule has 4 heterocycles. The number of carbonyl (C=O) groups excluding carboxylic acids is 1. The van der Waals surface area contributed by atoms with Crippen LogP contribution < -0.4 is 14.5 Å². The number of nitrogens with zero attached hydrogens (tertiary/aromatic N) is 8. The molecule has 6 aromatic carbocycles. The van der Waals surface area contributed by atoms with Crippen LogP contribution in [0.15, 0.2) is 219 Å².